The topological polar surface area (TPSA) is 48.5 Å². The summed E-state index contributed by atoms with van der Waals surface area (Å²) < 4.78 is 0. The molecule has 2 saturated heterocycles. The van der Waals surface area contributed by atoms with Gasteiger partial charge in [-0.3, -0.25) is 14.7 Å². The minimum Gasteiger partial charge on any atom is -0.336 e. The van der Waals surface area contributed by atoms with Crippen molar-refractivity contribution in [2.24, 2.45) is 0 Å². The van der Waals surface area contributed by atoms with Crippen LogP contribution >= 0.6 is 0 Å². The number of hydrogen-bond acceptors (Lipinski definition) is 4. The summed E-state index contributed by atoms with van der Waals surface area (Å²) in [6.07, 6.45) is 5.85. The first-order valence-corrected chi connectivity index (χ1v) is 10.0. The predicted octanol–water partition coefficient (Wildman–Crippen LogP) is 2.16. The lowest BCUT2D eigenvalue weighted by atomic mass is 9.93. The van der Waals surface area contributed by atoms with Crippen LogP contribution < -0.4 is 5.32 Å². The van der Waals surface area contributed by atoms with Crippen LogP contribution in [0.5, 0.6) is 0 Å². The van der Waals surface area contributed by atoms with Crippen LogP contribution in [0.2, 0.25) is 0 Å². The van der Waals surface area contributed by atoms with Crippen molar-refractivity contribution in [2.75, 3.05) is 45.8 Å². The number of benzene rings is 1. The first-order chi connectivity index (χ1) is 13.3. The maximum Gasteiger partial charge on any atom is 0.254 e. The van der Waals surface area contributed by atoms with E-state index in [9.17, 15) is 4.79 Å². The smallest absolute Gasteiger partial charge is 0.254 e. The summed E-state index contributed by atoms with van der Waals surface area (Å²) >= 11 is 0. The van der Waals surface area contributed by atoms with E-state index in [4.69, 9.17) is 0 Å². The van der Waals surface area contributed by atoms with Gasteiger partial charge in [0.2, 0.25) is 0 Å². The van der Waals surface area contributed by atoms with Crippen LogP contribution in [0.25, 0.3) is 0 Å². The molecule has 1 aromatic carbocycles. The SMILES string of the molecule is O=C(c1ccccc1C1CCNC1)N1CCN(CCc2ccncc2)CC1. The largest absolute Gasteiger partial charge is 0.336 e. The molecule has 2 aliphatic heterocycles. The summed E-state index contributed by atoms with van der Waals surface area (Å²) in [6, 6.07) is 12.3. The lowest BCUT2D eigenvalue weighted by Gasteiger charge is -2.35. The fraction of sp³-hybridized carbons (Fsp3) is 0.455. The third-order valence-corrected chi connectivity index (χ3v) is 5.82. The van der Waals surface area contributed by atoms with Crippen molar-refractivity contribution >= 4 is 5.91 Å². The zero-order valence-electron chi connectivity index (χ0n) is 15.8. The Morgan fingerprint density at radius 1 is 1.07 bits per heavy atom. The van der Waals surface area contributed by atoms with Gasteiger partial charge in [0.15, 0.2) is 0 Å². The summed E-state index contributed by atoms with van der Waals surface area (Å²) in [5, 5.41) is 3.41. The van der Waals surface area contributed by atoms with Gasteiger partial charge in [0.25, 0.3) is 5.91 Å². The molecule has 2 aliphatic rings. The van der Waals surface area contributed by atoms with Gasteiger partial charge in [-0.1, -0.05) is 18.2 Å². The zero-order valence-corrected chi connectivity index (χ0v) is 15.8. The Morgan fingerprint density at radius 2 is 1.85 bits per heavy atom. The van der Waals surface area contributed by atoms with Crippen molar-refractivity contribution in [3.63, 3.8) is 0 Å². The number of rotatable bonds is 5. The first kappa shape index (κ1) is 18.1. The lowest BCUT2D eigenvalue weighted by Crippen LogP contribution is -2.49. The van der Waals surface area contributed by atoms with Gasteiger partial charge in [-0.15, -0.1) is 0 Å². The Kier molecular flexibility index (Phi) is 5.80. The van der Waals surface area contributed by atoms with Gasteiger partial charge in [-0.2, -0.15) is 0 Å². The molecular weight excluding hydrogens is 336 g/mol. The molecule has 142 valence electrons. The Morgan fingerprint density at radius 3 is 2.59 bits per heavy atom. The number of nitrogens with one attached hydrogen (secondary N) is 1. The third kappa shape index (κ3) is 4.37. The van der Waals surface area contributed by atoms with Crippen LogP contribution in [-0.4, -0.2) is 66.5 Å². The van der Waals surface area contributed by atoms with E-state index >= 15 is 0 Å². The van der Waals surface area contributed by atoms with E-state index in [-0.39, 0.29) is 5.91 Å². The fourth-order valence-electron chi connectivity index (χ4n) is 4.15. The molecule has 0 saturated carbocycles. The van der Waals surface area contributed by atoms with E-state index in [0.717, 1.165) is 64.2 Å². The first-order valence-electron chi connectivity index (χ1n) is 10.0. The van der Waals surface area contributed by atoms with Gasteiger partial charge < -0.3 is 10.2 Å². The highest BCUT2D eigenvalue weighted by Crippen LogP contribution is 2.26. The molecule has 5 nitrogen and oxygen atoms in total. The van der Waals surface area contributed by atoms with Gasteiger partial charge in [-0.25, -0.2) is 0 Å². The highest BCUT2D eigenvalue weighted by Gasteiger charge is 2.26. The Bertz CT molecular complexity index is 750. The number of pyridine rings is 1. The maximum absolute atomic E-state index is 13.1. The van der Waals surface area contributed by atoms with Crippen molar-refractivity contribution in [1.82, 2.24) is 20.1 Å². The van der Waals surface area contributed by atoms with Crippen molar-refractivity contribution in [3.05, 3.63) is 65.5 Å². The number of piperazine rings is 1. The standard InChI is InChI=1S/C22H28N4O/c27-22(21-4-2-1-3-20(21)19-7-11-24-17-19)26-15-13-25(14-16-26)12-8-18-5-9-23-10-6-18/h1-6,9-10,19,24H,7-8,11-17H2. The number of amides is 1. The minimum atomic E-state index is 0.200. The van der Waals surface area contributed by atoms with Gasteiger partial charge in [0.05, 0.1) is 0 Å². The predicted molar refractivity (Wildman–Crippen MR) is 107 cm³/mol. The summed E-state index contributed by atoms with van der Waals surface area (Å²) in [7, 11) is 0. The number of nitrogens with zero attached hydrogens (tertiary/aromatic N) is 3. The van der Waals surface area contributed by atoms with Crippen LogP contribution in [0.1, 0.15) is 33.8 Å². The van der Waals surface area contributed by atoms with Crippen LogP contribution in [0.3, 0.4) is 0 Å². The van der Waals surface area contributed by atoms with E-state index < -0.39 is 0 Å². The molecule has 0 aliphatic carbocycles. The molecule has 2 aromatic rings. The Hall–Kier alpha value is -2.24. The highest BCUT2D eigenvalue weighted by molar-refractivity contribution is 5.96. The molecule has 0 spiro atoms. The molecule has 5 heteroatoms. The molecule has 27 heavy (non-hydrogen) atoms. The molecular formula is C22H28N4O. The zero-order chi connectivity index (χ0) is 18.5. The molecule has 1 atom stereocenters. The second kappa shape index (κ2) is 8.63. The van der Waals surface area contributed by atoms with Crippen molar-refractivity contribution in [2.45, 2.75) is 18.8 Å². The molecule has 0 bridgehead atoms. The molecule has 1 N–H and O–H groups in total. The summed E-state index contributed by atoms with van der Waals surface area (Å²) in [6.45, 7) is 6.58. The molecule has 2 fully saturated rings. The molecule has 1 unspecified atom stereocenters. The summed E-state index contributed by atoms with van der Waals surface area (Å²) in [5.74, 6) is 0.665. The summed E-state index contributed by atoms with van der Waals surface area (Å²) in [5.41, 5.74) is 3.44. The van der Waals surface area contributed by atoms with E-state index in [1.165, 1.54) is 11.1 Å². The van der Waals surface area contributed by atoms with Crippen LogP contribution in [-0.2, 0) is 6.42 Å². The molecule has 3 heterocycles. The van der Waals surface area contributed by atoms with Gasteiger partial charge >= 0.3 is 0 Å². The second-order valence-electron chi connectivity index (χ2n) is 7.52. The molecule has 0 radical (unpaired) electrons. The van der Waals surface area contributed by atoms with Crippen molar-refractivity contribution in [3.8, 4) is 0 Å². The molecule has 1 aromatic heterocycles. The van der Waals surface area contributed by atoms with E-state index in [0.29, 0.717) is 5.92 Å². The minimum absolute atomic E-state index is 0.200. The monoisotopic (exact) mass is 364 g/mol. The lowest BCUT2D eigenvalue weighted by molar-refractivity contribution is 0.0637. The molecule has 1 amide bonds. The van der Waals surface area contributed by atoms with Crippen LogP contribution in [0, 0.1) is 0 Å². The van der Waals surface area contributed by atoms with Gasteiger partial charge in [0.1, 0.15) is 0 Å². The van der Waals surface area contributed by atoms with Crippen LogP contribution in [0.15, 0.2) is 48.8 Å². The normalized spacial score (nSPS) is 20.7. The number of carbonyl (C=O) groups is 1. The van der Waals surface area contributed by atoms with Crippen molar-refractivity contribution in [1.29, 1.82) is 0 Å². The van der Waals surface area contributed by atoms with Gasteiger partial charge in [0, 0.05) is 57.2 Å². The summed E-state index contributed by atoms with van der Waals surface area (Å²) in [4.78, 5) is 21.7. The number of hydrogen-bond donors (Lipinski definition) is 1. The average molecular weight is 364 g/mol. The average Bonchev–Trinajstić information content (AvgIpc) is 3.28. The number of aromatic nitrogens is 1. The fourth-order valence-corrected chi connectivity index (χ4v) is 4.15. The van der Waals surface area contributed by atoms with E-state index in [2.05, 4.69) is 39.5 Å². The van der Waals surface area contributed by atoms with E-state index in [1.807, 2.05) is 29.4 Å². The highest BCUT2D eigenvalue weighted by atomic mass is 16.2. The molecule has 4 rings (SSSR count). The Labute approximate surface area is 161 Å². The Balaban J connectivity index is 1.34. The number of carbonyl (C=O) groups excluding carboxylic acids is 1. The third-order valence-electron chi connectivity index (χ3n) is 5.82. The van der Waals surface area contributed by atoms with Gasteiger partial charge in [-0.05, 0) is 54.6 Å². The van der Waals surface area contributed by atoms with Crippen molar-refractivity contribution < 1.29 is 4.79 Å². The maximum atomic E-state index is 13.1. The quantitative estimate of drug-likeness (QED) is 0.883. The van der Waals surface area contributed by atoms with E-state index in [1.54, 1.807) is 0 Å². The van der Waals surface area contributed by atoms with Crippen LogP contribution in [0.4, 0.5) is 0 Å². The second-order valence-corrected chi connectivity index (χ2v) is 7.52.